The number of thiazole rings is 1. The number of carbonyl (C=O) groups excluding carboxylic acids is 1. The highest BCUT2D eigenvalue weighted by atomic mass is 32.1. The molecule has 5 nitrogen and oxygen atoms in total. The topological polar surface area (TPSA) is 54.5 Å². The zero-order chi connectivity index (χ0) is 15.4. The van der Waals surface area contributed by atoms with Gasteiger partial charge < -0.3 is 15.0 Å². The van der Waals surface area contributed by atoms with Gasteiger partial charge in [-0.05, 0) is 18.1 Å². The van der Waals surface area contributed by atoms with Crippen LogP contribution in [0.5, 0.6) is 5.75 Å². The third-order valence-electron chi connectivity index (χ3n) is 3.01. The number of nitrogens with one attached hydrogen (secondary N) is 1. The number of fused-ring (bicyclic) bond motifs is 1. The summed E-state index contributed by atoms with van der Waals surface area (Å²) < 4.78 is 6.37. The van der Waals surface area contributed by atoms with Crippen LogP contribution in [-0.4, -0.2) is 38.1 Å². The van der Waals surface area contributed by atoms with E-state index in [4.69, 9.17) is 4.74 Å². The fraction of sp³-hybridized carbons (Fsp3) is 0.467. The van der Waals surface area contributed by atoms with E-state index >= 15 is 0 Å². The van der Waals surface area contributed by atoms with Gasteiger partial charge >= 0.3 is 0 Å². The summed E-state index contributed by atoms with van der Waals surface area (Å²) in [4.78, 5) is 18.3. The van der Waals surface area contributed by atoms with Crippen molar-refractivity contribution in [3.8, 4) is 5.75 Å². The SMILES string of the molecule is COc1cccc2sc(N(C)CC(=O)NCC(C)C)nc12. The molecule has 6 heteroatoms. The second kappa shape index (κ2) is 6.76. The zero-order valence-corrected chi connectivity index (χ0v) is 13.7. The molecule has 0 aliphatic carbocycles. The number of hydrogen-bond donors (Lipinski definition) is 1. The van der Waals surface area contributed by atoms with Crippen LogP contribution in [0.4, 0.5) is 5.13 Å². The Morgan fingerprint density at radius 1 is 1.48 bits per heavy atom. The molecule has 0 saturated carbocycles. The van der Waals surface area contributed by atoms with Crippen LogP contribution in [0.25, 0.3) is 10.2 Å². The van der Waals surface area contributed by atoms with Crippen LogP contribution < -0.4 is 15.0 Å². The zero-order valence-electron chi connectivity index (χ0n) is 12.8. The maximum Gasteiger partial charge on any atom is 0.239 e. The number of anilines is 1. The standard InChI is InChI=1S/C15H21N3O2S/c1-10(2)8-16-13(19)9-18(3)15-17-14-11(20-4)6-5-7-12(14)21-15/h5-7,10H,8-9H2,1-4H3,(H,16,19). The van der Waals surface area contributed by atoms with Crippen molar-refractivity contribution in [2.75, 3.05) is 32.1 Å². The molecule has 1 amide bonds. The van der Waals surface area contributed by atoms with Crippen molar-refractivity contribution in [2.45, 2.75) is 13.8 Å². The quantitative estimate of drug-likeness (QED) is 0.891. The summed E-state index contributed by atoms with van der Waals surface area (Å²) in [5.41, 5.74) is 0.842. The molecule has 0 saturated heterocycles. The van der Waals surface area contributed by atoms with Crippen molar-refractivity contribution in [2.24, 2.45) is 5.92 Å². The molecular formula is C15H21N3O2S. The summed E-state index contributed by atoms with van der Waals surface area (Å²) in [5.74, 6) is 1.22. The Bertz CT molecular complexity index is 624. The Kier molecular flexibility index (Phi) is 5.01. The summed E-state index contributed by atoms with van der Waals surface area (Å²) >= 11 is 1.56. The number of para-hydroxylation sites is 1. The van der Waals surface area contributed by atoms with E-state index in [1.165, 1.54) is 0 Å². The van der Waals surface area contributed by atoms with E-state index in [1.54, 1.807) is 18.4 Å². The highest BCUT2D eigenvalue weighted by molar-refractivity contribution is 7.22. The number of aromatic nitrogens is 1. The van der Waals surface area contributed by atoms with Gasteiger partial charge in [-0.3, -0.25) is 4.79 Å². The normalized spacial score (nSPS) is 10.9. The second-order valence-corrected chi connectivity index (χ2v) is 6.37. The highest BCUT2D eigenvalue weighted by Crippen LogP contribution is 2.33. The molecule has 0 aliphatic heterocycles. The minimum absolute atomic E-state index is 0.0115. The van der Waals surface area contributed by atoms with Gasteiger partial charge in [0.05, 0.1) is 18.4 Å². The minimum Gasteiger partial charge on any atom is -0.494 e. The van der Waals surface area contributed by atoms with Gasteiger partial charge in [-0.2, -0.15) is 0 Å². The Morgan fingerprint density at radius 2 is 2.24 bits per heavy atom. The molecule has 1 aromatic heterocycles. The predicted molar refractivity (Wildman–Crippen MR) is 87.3 cm³/mol. The van der Waals surface area contributed by atoms with E-state index in [2.05, 4.69) is 24.1 Å². The van der Waals surface area contributed by atoms with Gasteiger partial charge in [0.25, 0.3) is 0 Å². The van der Waals surface area contributed by atoms with Crippen molar-refractivity contribution >= 4 is 32.6 Å². The summed E-state index contributed by atoms with van der Waals surface area (Å²) in [5, 5.41) is 3.72. The predicted octanol–water partition coefficient (Wildman–Crippen LogP) is 2.51. The van der Waals surface area contributed by atoms with Gasteiger partial charge in [-0.25, -0.2) is 4.98 Å². The average Bonchev–Trinajstić information content (AvgIpc) is 2.89. The van der Waals surface area contributed by atoms with Gasteiger partial charge in [0.2, 0.25) is 5.91 Å². The van der Waals surface area contributed by atoms with E-state index in [-0.39, 0.29) is 5.91 Å². The largest absolute Gasteiger partial charge is 0.494 e. The number of hydrogen-bond acceptors (Lipinski definition) is 5. The van der Waals surface area contributed by atoms with Crippen LogP contribution >= 0.6 is 11.3 Å². The van der Waals surface area contributed by atoms with E-state index in [1.807, 2.05) is 30.1 Å². The van der Waals surface area contributed by atoms with Crippen LogP contribution in [0.3, 0.4) is 0 Å². The molecule has 2 aromatic rings. The lowest BCUT2D eigenvalue weighted by Crippen LogP contribution is -2.36. The van der Waals surface area contributed by atoms with Gasteiger partial charge in [0.1, 0.15) is 11.3 Å². The number of likely N-dealkylation sites (N-methyl/N-ethyl adjacent to an activating group) is 1. The Balaban J connectivity index is 2.09. The van der Waals surface area contributed by atoms with Crippen molar-refractivity contribution < 1.29 is 9.53 Å². The van der Waals surface area contributed by atoms with Crippen molar-refractivity contribution in [3.63, 3.8) is 0 Å². The number of benzene rings is 1. The molecule has 21 heavy (non-hydrogen) atoms. The Hall–Kier alpha value is -1.82. The van der Waals surface area contributed by atoms with Crippen molar-refractivity contribution in [1.29, 1.82) is 0 Å². The van der Waals surface area contributed by atoms with Gasteiger partial charge in [0, 0.05) is 13.6 Å². The molecule has 0 bridgehead atoms. The maximum atomic E-state index is 11.9. The van der Waals surface area contributed by atoms with E-state index < -0.39 is 0 Å². The Labute approximate surface area is 128 Å². The minimum atomic E-state index is 0.0115. The number of ether oxygens (including phenoxy) is 1. The molecule has 114 valence electrons. The maximum absolute atomic E-state index is 11.9. The van der Waals surface area contributed by atoms with Crippen molar-refractivity contribution in [1.82, 2.24) is 10.3 Å². The lowest BCUT2D eigenvalue weighted by Gasteiger charge is -2.15. The van der Waals surface area contributed by atoms with Crippen LogP contribution in [0.1, 0.15) is 13.8 Å². The van der Waals surface area contributed by atoms with Gasteiger partial charge in [-0.1, -0.05) is 31.3 Å². The third kappa shape index (κ3) is 3.85. The molecule has 0 spiro atoms. The monoisotopic (exact) mass is 307 g/mol. The van der Waals surface area contributed by atoms with Crippen molar-refractivity contribution in [3.05, 3.63) is 18.2 Å². The van der Waals surface area contributed by atoms with E-state index in [9.17, 15) is 4.79 Å². The molecule has 0 fully saturated rings. The first-order chi connectivity index (χ1) is 10.0. The summed E-state index contributed by atoms with van der Waals surface area (Å²) in [6, 6.07) is 5.84. The number of methoxy groups -OCH3 is 1. The molecule has 0 aliphatic rings. The number of rotatable bonds is 6. The number of amides is 1. The van der Waals surface area contributed by atoms with Gasteiger partial charge in [0.15, 0.2) is 5.13 Å². The second-order valence-electron chi connectivity index (χ2n) is 5.36. The third-order valence-corrected chi connectivity index (χ3v) is 4.14. The average molecular weight is 307 g/mol. The molecule has 0 unspecified atom stereocenters. The first-order valence-corrected chi connectivity index (χ1v) is 7.74. The van der Waals surface area contributed by atoms with E-state index in [0.717, 1.165) is 21.1 Å². The Morgan fingerprint density at radius 3 is 2.90 bits per heavy atom. The highest BCUT2D eigenvalue weighted by Gasteiger charge is 2.14. The molecule has 0 atom stereocenters. The lowest BCUT2D eigenvalue weighted by molar-refractivity contribution is -0.119. The van der Waals surface area contributed by atoms with Crippen LogP contribution in [0.2, 0.25) is 0 Å². The van der Waals surface area contributed by atoms with Crippen LogP contribution in [0.15, 0.2) is 18.2 Å². The molecule has 2 rings (SSSR count). The molecule has 1 aromatic carbocycles. The first-order valence-electron chi connectivity index (χ1n) is 6.92. The van der Waals surface area contributed by atoms with E-state index in [0.29, 0.717) is 19.0 Å². The van der Waals surface area contributed by atoms with Crippen LogP contribution in [0, 0.1) is 5.92 Å². The molecule has 0 radical (unpaired) electrons. The molecule has 1 heterocycles. The fourth-order valence-electron chi connectivity index (χ4n) is 1.90. The fourth-order valence-corrected chi connectivity index (χ4v) is 2.84. The summed E-state index contributed by atoms with van der Waals surface area (Å²) in [6.07, 6.45) is 0. The number of nitrogens with zero attached hydrogens (tertiary/aromatic N) is 2. The molecule has 1 N–H and O–H groups in total. The summed E-state index contributed by atoms with van der Waals surface area (Å²) in [6.45, 7) is 5.14. The lowest BCUT2D eigenvalue weighted by atomic mass is 10.2. The molecular weight excluding hydrogens is 286 g/mol. The van der Waals surface area contributed by atoms with Crippen LogP contribution in [-0.2, 0) is 4.79 Å². The smallest absolute Gasteiger partial charge is 0.239 e. The van der Waals surface area contributed by atoms with Gasteiger partial charge in [-0.15, -0.1) is 0 Å². The first kappa shape index (κ1) is 15.6. The summed E-state index contributed by atoms with van der Waals surface area (Å²) in [7, 11) is 3.51. The number of carbonyl (C=O) groups is 1.